The van der Waals surface area contributed by atoms with E-state index in [2.05, 4.69) is 5.32 Å². The first-order valence-corrected chi connectivity index (χ1v) is 7.13. The topological polar surface area (TPSA) is 52.6 Å². The lowest BCUT2D eigenvalue weighted by Gasteiger charge is -2.23. The zero-order chi connectivity index (χ0) is 14.8. The van der Waals surface area contributed by atoms with Crippen molar-refractivity contribution < 1.29 is 9.90 Å². The van der Waals surface area contributed by atoms with Crippen molar-refractivity contribution in [3.8, 4) is 5.75 Å². The van der Waals surface area contributed by atoms with Gasteiger partial charge in [0.25, 0.3) is 5.91 Å². The molecule has 0 aromatic heterocycles. The van der Waals surface area contributed by atoms with Crippen molar-refractivity contribution in [3.63, 3.8) is 0 Å². The Morgan fingerprint density at radius 1 is 1.24 bits per heavy atom. The highest BCUT2D eigenvalue weighted by Gasteiger charge is 2.23. The number of phenolic OH excluding ortho intramolecular Hbond substituents is 1. The number of halogens is 1. The Labute approximate surface area is 128 Å². The summed E-state index contributed by atoms with van der Waals surface area (Å²) in [5.74, 6) is -0.317. The zero-order valence-electron chi connectivity index (χ0n) is 11.3. The maximum atomic E-state index is 12.7. The van der Waals surface area contributed by atoms with Gasteiger partial charge in [0.15, 0.2) is 0 Å². The molecule has 21 heavy (non-hydrogen) atoms. The second-order valence-electron chi connectivity index (χ2n) is 4.92. The number of benzene rings is 2. The smallest absolute Gasteiger partial charge is 0.262 e. The molecular formula is C16H15ClN2O2. The van der Waals surface area contributed by atoms with E-state index >= 15 is 0 Å². The van der Waals surface area contributed by atoms with Crippen LogP contribution >= 0.6 is 11.6 Å². The van der Waals surface area contributed by atoms with Gasteiger partial charge in [-0.1, -0.05) is 29.8 Å². The van der Waals surface area contributed by atoms with Crippen molar-refractivity contribution in [1.29, 1.82) is 0 Å². The minimum Gasteiger partial charge on any atom is -0.507 e. The van der Waals surface area contributed by atoms with Crippen LogP contribution in [0.1, 0.15) is 15.9 Å². The normalized spacial score (nSPS) is 14.4. The second kappa shape index (κ2) is 5.76. The van der Waals surface area contributed by atoms with E-state index < -0.39 is 0 Å². The predicted molar refractivity (Wildman–Crippen MR) is 82.9 cm³/mol. The Balaban J connectivity index is 2.01. The highest BCUT2D eigenvalue weighted by Crippen LogP contribution is 2.28. The predicted octanol–water partition coefficient (Wildman–Crippen LogP) is 2.80. The maximum absolute atomic E-state index is 12.7. The van der Waals surface area contributed by atoms with E-state index in [4.69, 9.17) is 11.6 Å². The zero-order valence-corrected chi connectivity index (χ0v) is 12.1. The molecule has 5 heteroatoms. The molecule has 2 aromatic carbocycles. The number of amides is 1. The molecule has 1 heterocycles. The summed E-state index contributed by atoms with van der Waals surface area (Å²) in [5.41, 5.74) is 2.20. The van der Waals surface area contributed by atoms with Crippen LogP contribution in [0.5, 0.6) is 5.75 Å². The van der Waals surface area contributed by atoms with E-state index in [-0.39, 0.29) is 17.2 Å². The van der Waals surface area contributed by atoms with Gasteiger partial charge in [-0.05, 0) is 29.8 Å². The Morgan fingerprint density at radius 3 is 2.86 bits per heavy atom. The lowest BCUT2D eigenvalue weighted by molar-refractivity contribution is 0.0985. The summed E-state index contributed by atoms with van der Waals surface area (Å²) in [6.07, 6.45) is 0. The first-order chi connectivity index (χ1) is 10.2. The van der Waals surface area contributed by atoms with Crippen molar-refractivity contribution in [2.75, 3.05) is 18.0 Å². The Kier molecular flexibility index (Phi) is 3.82. The number of nitrogens with zero attached hydrogens (tertiary/aromatic N) is 1. The number of fused-ring (bicyclic) bond motifs is 1. The number of nitrogens with one attached hydrogen (secondary N) is 1. The molecule has 0 atom stereocenters. The van der Waals surface area contributed by atoms with Crippen LogP contribution in [0.4, 0.5) is 5.69 Å². The average molecular weight is 303 g/mol. The van der Waals surface area contributed by atoms with Crippen LogP contribution < -0.4 is 10.2 Å². The SMILES string of the molecule is O=C(c1ccc(Cl)cc1O)N1CCNCc2ccccc21. The van der Waals surface area contributed by atoms with Gasteiger partial charge in [-0.25, -0.2) is 0 Å². The molecule has 4 nitrogen and oxygen atoms in total. The van der Waals surface area contributed by atoms with Gasteiger partial charge in [0.2, 0.25) is 0 Å². The fourth-order valence-corrected chi connectivity index (χ4v) is 2.67. The van der Waals surface area contributed by atoms with Gasteiger partial charge in [0.05, 0.1) is 5.56 Å². The van der Waals surface area contributed by atoms with Gasteiger partial charge in [-0.2, -0.15) is 0 Å². The molecule has 1 amide bonds. The minimum atomic E-state index is -0.222. The van der Waals surface area contributed by atoms with Crippen LogP contribution in [0.3, 0.4) is 0 Å². The average Bonchev–Trinajstić information content (AvgIpc) is 2.69. The molecule has 108 valence electrons. The number of hydrogen-bond donors (Lipinski definition) is 2. The number of para-hydroxylation sites is 1. The van der Waals surface area contributed by atoms with Gasteiger partial charge in [0, 0.05) is 30.3 Å². The molecule has 1 aliphatic heterocycles. The molecule has 0 saturated heterocycles. The van der Waals surface area contributed by atoms with Crippen molar-refractivity contribution in [2.24, 2.45) is 0 Å². The molecule has 2 N–H and O–H groups in total. The molecule has 1 aliphatic rings. The maximum Gasteiger partial charge on any atom is 0.262 e. The molecule has 0 bridgehead atoms. The number of rotatable bonds is 1. The van der Waals surface area contributed by atoms with Crippen LogP contribution in [0.15, 0.2) is 42.5 Å². The highest BCUT2D eigenvalue weighted by molar-refractivity contribution is 6.31. The summed E-state index contributed by atoms with van der Waals surface area (Å²) in [4.78, 5) is 14.4. The third kappa shape index (κ3) is 2.73. The third-order valence-electron chi connectivity index (χ3n) is 3.55. The quantitative estimate of drug-likeness (QED) is 0.852. The van der Waals surface area contributed by atoms with Crippen LogP contribution in [0, 0.1) is 0 Å². The van der Waals surface area contributed by atoms with E-state index in [1.807, 2.05) is 24.3 Å². The van der Waals surface area contributed by atoms with Crippen LogP contribution in [0.25, 0.3) is 0 Å². The summed E-state index contributed by atoms with van der Waals surface area (Å²) in [6, 6.07) is 12.3. The van der Waals surface area contributed by atoms with Crippen molar-refractivity contribution >= 4 is 23.2 Å². The molecule has 0 aliphatic carbocycles. The number of phenols is 1. The second-order valence-corrected chi connectivity index (χ2v) is 5.36. The minimum absolute atomic E-state index is 0.0952. The van der Waals surface area contributed by atoms with Gasteiger partial charge >= 0.3 is 0 Å². The van der Waals surface area contributed by atoms with E-state index in [0.717, 1.165) is 17.8 Å². The van der Waals surface area contributed by atoms with E-state index in [0.29, 0.717) is 18.1 Å². The molecular weight excluding hydrogens is 288 g/mol. The summed E-state index contributed by atoms with van der Waals surface area (Å²) in [5, 5.41) is 13.7. The molecule has 0 unspecified atom stereocenters. The lowest BCUT2D eigenvalue weighted by Crippen LogP contribution is -2.34. The van der Waals surface area contributed by atoms with E-state index in [1.54, 1.807) is 17.0 Å². The van der Waals surface area contributed by atoms with Crippen molar-refractivity contribution in [1.82, 2.24) is 5.32 Å². The third-order valence-corrected chi connectivity index (χ3v) is 3.78. The van der Waals surface area contributed by atoms with E-state index in [1.165, 1.54) is 6.07 Å². The van der Waals surface area contributed by atoms with Gasteiger partial charge in [-0.3, -0.25) is 4.79 Å². The summed E-state index contributed by atoms with van der Waals surface area (Å²) in [6.45, 7) is 1.99. The summed E-state index contributed by atoms with van der Waals surface area (Å²) >= 11 is 5.82. The first-order valence-electron chi connectivity index (χ1n) is 6.76. The lowest BCUT2D eigenvalue weighted by atomic mass is 10.1. The molecule has 3 rings (SSSR count). The number of carbonyl (C=O) groups excluding carboxylic acids is 1. The first kappa shape index (κ1) is 13.9. The fourth-order valence-electron chi connectivity index (χ4n) is 2.50. The van der Waals surface area contributed by atoms with E-state index in [9.17, 15) is 9.90 Å². The van der Waals surface area contributed by atoms with Crippen LogP contribution in [-0.2, 0) is 6.54 Å². The monoisotopic (exact) mass is 302 g/mol. The molecule has 0 fully saturated rings. The van der Waals surface area contributed by atoms with Gasteiger partial charge in [0.1, 0.15) is 5.75 Å². The Bertz CT molecular complexity index is 688. The molecule has 0 radical (unpaired) electrons. The van der Waals surface area contributed by atoms with Crippen LogP contribution in [-0.4, -0.2) is 24.1 Å². The largest absolute Gasteiger partial charge is 0.507 e. The number of aromatic hydroxyl groups is 1. The molecule has 0 saturated carbocycles. The summed E-state index contributed by atoms with van der Waals surface area (Å²) < 4.78 is 0. The van der Waals surface area contributed by atoms with Crippen molar-refractivity contribution in [3.05, 3.63) is 58.6 Å². The number of carbonyl (C=O) groups is 1. The van der Waals surface area contributed by atoms with Gasteiger partial charge < -0.3 is 15.3 Å². The fraction of sp³-hybridized carbons (Fsp3) is 0.188. The Morgan fingerprint density at radius 2 is 2.05 bits per heavy atom. The van der Waals surface area contributed by atoms with Crippen molar-refractivity contribution in [2.45, 2.75) is 6.54 Å². The molecule has 2 aromatic rings. The van der Waals surface area contributed by atoms with Gasteiger partial charge in [-0.15, -0.1) is 0 Å². The number of hydrogen-bond acceptors (Lipinski definition) is 3. The molecule has 0 spiro atoms. The summed E-state index contributed by atoms with van der Waals surface area (Å²) in [7, 11) is 0. The number of anilines is 1. The standard InChI is InChI=1S/C16H15ClN2O2/c17-12-5-6-13(15(20)9-12)16(21)19-8-7-18-10-11-3-1-2-4-14(11)19/h1-6,9,18,20H,7-8,10H2. The Hall–Kier alpha value is -2.04. The van der Waals surface area contributed by atoms with Crippen LogP contribution in [0.2, 0.25) is 5.02 Å². The highest BCUT2D eigenvalue weighted by atomic mass is 35.5.